The maximum atomic E-state index is 12.4. The summed E-state index contributed by atoms with van der Waals surface area (Å²) in [6, 6.07) is 12.9. The van der Waals surface area contributed by atoms with Crippen molar-refractivity contribution in [3.8, 4) is 11.5 Å². The predicted molar refractivity (Wildman–Crippen MR) is 104 cm³/mol. The number of hydrogen-bond acceptors (Lipinski definition) is 5. The lowest BCUT2D eigenvalue weighted by Gasteiger charge is -2.16. The summed E-state index contributed by atoms with van der Waals surface area (Å²) in [7, 11) is 3.16. The van der Waals surface area contributed by atoms with Crippen molar-refractivity contribution in [2.75, 3.05) is 19.5 Å². The molecule has 0 spiro atoms. The standard InChI is InChI=1S/C20H25N3O3/c1-5-18(22-16-9-6-14(2)7-10-16)20(24)23-21-13-15-8-11-17(25-3)12-19(15)26-4/h6-13,18,22H,5H2,1-4H3,(H,23,24)/t18-/m0/s1. The van der Waals surface area contributed by atoms with Gasteiger partial charge in [0.05, 0.1) is 20.4 Å². The molecule has 0 saturated heterocycles. The number of nitrogens with zero attached hydrogens (tertiary/aromatic N) is 1. The van der Waals surface area contributed by atoms with E-state index in [2.05, 4.69) is 15.8 Å². The van der Waals surface area contributed by atoms with Crippen LogP contribution in [0.15, 0.2) is 47.6 Å². The number of hydrazone groups is 1. The zero-order valence-corrected chi connectivity index (χ0v) is 15.6. The molecule has 2 aromatic rings. The van der Waals surface area contributed by atoms with E-state index in [1.165, 1.54) is 5.56 Å². The molecule has 1 atom stereocenters. The van der Waals surface area contributed by atoms with Gasteiger partial charge < -0.3 is 14.8 Å². The Hall–Kier alpha value is -3.02. The number of carbonyl (C=O) groups excluding carboxylic acids is 1. The van der Waals surface area contributed by atoms with Crippen LogP contribution in [0.5, 0.6) is 11.5 Å². The third-order valence-electron chi connectivity index (χ3n) is 3.94. The number of nitrogens with one attached hydrogen (secondary N) is 2. The van der Waals surface area contributed by atoms with Gasteiger partial charge in [-0.1, -0.05) is 24.6 Å². The van der Waals surface area contributed by atoms with Gasteiger partial charge in [-0.3, -0.25) is 4.79 Å². The summed E-state index contributed by atoms with van der Waals surface area (Å²) in [6.45, 7) is 3.97. The van der Waals surface area contributed by atoms with Gasteiger partial charge in [-0.2, -0.15) is 5.10 Å². The average Bonchev–Trinajstić information content (AvgIpc) is 2.67. The summed E-state index contributed by atoms with van der Waals surface area (Å²) in [5.74, 6) is 1.11. The Morgan fingerprint density at radius 1 is 1.15 bits per heavy atom. The lowest BCUT2D eigenvalue weighted by molar-refractivity contribution is -0.121. The van der Waals surface area contributed by atoms with E-state index in [9.17, 15) is 4.79 Å². The van der Waals surface area contributed by atoms with Gasteiger partial charge in [0.25, 0.3) is 5.91 Å². The first kappa shape index (κ1) is 19.3. The molecule has 0 radical (unpaired) electrons. The van der Waals surface area contributed by atoms with E-state index in [0.717, 1.165) is 11.3 Å². The first-order valence-electron chi connectivity index (χ1n) is 8.45. The molecule has 6 nitrogen and oxygen atoms in total. The lowest BCUT2D eigenvalue weighted by Crippen LogP contribution is -2.36. The largest absolute Gasteiger partial charge is 0.497 e. The van der Waals surface area contributed by atoms with Crippen LogP contribution >= 0.6 is 0 Å². The Bertz CT molecular complexity index is 757. The molecule has 2 aromatic carbocycles. The second kappa shape index (κ2) is 9.46. The summed E-state index contributed by atoms with van der Waals surface area (Å²) >= 11 is 0. The van der Waals surface area contributed by atoms with Crippen LogP contribution in [0.1, 0.15) is 24.5 Å². The summed E-state index contributed by atoms with van der Waals surface area (Å²) < 4.78 is 10.5. The van der Waals surface area contributed by atoms with Gasteiger partial charge in [-0.05, 0) is 37.6 Å². The monoisotopic (exact) mass is 355 g/mol. The van der Waals surface area contributed by atoms with Crippen molar-refractivity contribution >= 4 is 17.8 Å². The highest BCUT2D eigenvalue weighted by molar-refractivity contribution is 5.88. The first-order valence-corrected chi connectivity index (χ1v) is 8.45. The number of hydrogen-bond donors (Lipinski definition) is 2. The van der Waals surface area contributed by atoms with Crippen LogP contribution < -0.4 is 20.2 Å². The van der Waals surface area contributed by atoms with Crippen LogP contribution in [-0.2, 0) is 4.79 Å². The molecular formula is C20H25N3O3. The lowest BCUT2D eigenvalue weighted by atomic mass is 10.1. The molecule has 0 aliphatic heterocycles. The van der Waals surface area contributed by atoms with E-state index in [-0.39, 0.29) is 11.9 Å². The number of benzene rings is 2. The van der Waals surface area contributed by atoms with E-state index in [4.69, 9.17) is 9.47 Å². The summed E-state index contributed by atoms with van der Waals surface area (Å²) in [6.07, 6.45) is 2.19. The molecule has 0 heterocycles. The normalized spacial score (nSPS) is 11.8. The number of aryl methyl sites for hydroxylation is 1. The van der Waals surface area contributed by atoms with Gasteiger partial charge in [-0.15, -0.1) is 0 Å². The van der Waals surface area contributed by atoms with E-state index < -0.39 is 0 Å². The van der Waals surface area contributed by atoms with Crippen LogP contribution in [0.4, 0.5) is 5.69 Å². The first-order chi connectivity index (χ1) is 12.6. The maximum absolute atomic E-state index is 12.4. The van der Waals surface area contributed by atoms with Crippen LogP contribution in [0.3, 0.4) is 0 Å². The molecule has 138 valence electrons. The Labute approximate surface area is 154 Å². The molecule has 0 saturated carbocycles. The highest BCUT2D eigenvalue weighted by atomic mass is 16.5. The second-order valence-electron chi connectivity index (χ2n) is 5.81. The van der Waals surface area contributed by atoms with E-state index in [0.29, 0.717) is 17.9 Å². The van der Waals surface area contributed by atoms with Crippen LogP contribution in [0.2, 0.25) is 0 Å². The Balaban J connectivity index is 1.99. The molecule has 26 heavy (non-hydrogen) atoms. The number of carbonyl (C=O) groups is 1. The van der Waals surface area contributed by atoms with E-state index in [1.807, 2.05) is 44.2 Å². The minimum Gasteiger partial charge on any atom is -0.497 e. The van der Waals surface area contributed by atoms with E-state index >= 15 is 0 Å². The quantitative estimate of drug-likeness (QED) is 0.563. The van der Waals surface area contributed by atoms with Crippen LogP contribution in [0, 0.1) is 6.92 Å². The smallest absolute Gasteiger partial charge is 0.262 e. The molecule has 0 fully saturated rings. The van der Waals surface area contributed by atoms with Crippen molar-refractivity contribution in [2.24, 2.45) is 5.10 Å². The molecule has 0 bridgehead atoms. The topological polar surface area (TPSA) is 72.0 Å². The van der Waals surface area contributed by atoms with Gasteiger partial charge in [0.2, 0.25) is 0 Å². The number of anilines is 1. The summed E-state index contributed by atoms with van der Waals surface area (Å²) in [5.41, 5.74) is 5.39. The van der Waals surface area contributed by atoms with Gasteiger partial charge in [0.1, 0.15) is 17.5 Å². The Morgan fingerprint density at radius 2 is 1.88 bits per heavy atom. The Morgan fingerprint density at radius 3 is 2.50 bits per heavy atom. The van der Waals surface area contributed by atoms with Crippen molar-refractivity contribution in [3.05, 3.63) is 53.6 Å². The van der Waals surface area contributed by atoms with Crippen molar-refractivity contribution in [3.63, 3.8) is 0 Å². The van der Waals surface area contributed by atoms with E-state index in [1.54, 1.807) is 32.6 Å². The van der Waals surface area contributed by atoms with Gasteiger partial charge >= 0.3 is 0 Å². The van der Waals surface area contributed by atoms with Crippen LogP contribution in [-0.4, -0.2) is 32.4 Å². The molecular weight excluding hydrogens is 330 g/mol. The minimum atomic E-state index is -0.368. The highest BCUT2D eigenvalue weighted by Gasteiger charge is 2.15. The SMILES string of the molecule is CC[C@H](Nc1ccc(C)cc1)C(=O)NN=Cc1ccc(OC)cc1OC. The highest BCUT2D eigenvalue weighted by Crippen LogP contribution is 2.23. The van der Waals surface area contributed by atoms with Gasteiger partial charge in [0.15, 0.2) is 0 Å². The van der Waals surface area contributed by atoms with Crippen molar-refractivity contribution < 1.29 is 14.3 Å². The third-order valence-corrected chi connectivity index (χ3v) is 3.94. The molecule has 2 rings (SSSR count). The fourth-order valence-electron chi connectivity index (χ4n) is 2.37. The number of methoxy groups -OCH3 is 2. The number of rotatable bonds is 8. The number of amides is 1. The second-order valence-corrected chi connectivity index (χ2v) is 5.81. The molecule has 1 amide bonds. The summed E-state index contributed by atoms with van der Waals surface area (Å²) in [4.78, 5) is 12.4. The molecule has 6 heteroatoms. The predicted octanol–water partition coefficient (Wildman–Crippen LogP) is 3.35. The number of ether oxygens (including phenoxy) is 2. The van der Waals surface area contributed by atoms with Crippen molar-refractivity contribution in [2.45, 2.75) is 26.3 Å². The van der Waals surface area contributed by atoms with Crippen molar-refractivity contribution in [1.29, 1.82) is 0 Å². The molecule has 0 aliphatic carbocycles. The molecule has 2 N–H and O–H groups in total. The minimum absolute atomic E-state index is 0.197. The zero-order chi connectivity index (χ0) is 18.9. The molecule has 0 aliphatic rings. The zero-order valence-electron chi connectivity index (χ0n) is 15.6. The fourth-order valence-corrected chi connectivity index (χ4v) is 2.37. The Kier molecular flexibility index (Phi) is 7.02. The van der Waals surface area contributed by atoms with Gasteiger partial charge in [0, 0.05) is 17.3 Å². The average molecular weight is 355 g/mol. The third kappa shape index (κ3) is 5.24. The molecule has 0 aromatic heterocycles. The summed E-state index contributed by atoms with van der Waals surface area (Å²) in [5, 5.41) is 7.26. The maximum Gasteiger partial charge on any atom is 0.262 e. The van der Waals surface area contributed by atoms with Gasteiger partial charge in [-0.25, -0.2) is 5.43 Å². The fraction of sp³-hybridized carbons (Fsp3) is 0.300. The van der Waals surface area contributed by atoms with Crippen LogP contribution in [0.25, 0.3) is 0 Å². The molecule has 0 unspecified atom stereocenters. The van der Waals surface area contributed by atoms with Crippen molar-refractivity contribution in [1.82, 2.24) is 5.43 Å².